The van der Waals surface area contributed by atoms with Crippen molar-refractivity contribution >= 4 is 63.2 Å². The molecule has 0 unspecified atom stereocenters. The Balaban J connectivity index is 1.43. The molecule has 0 radical (unpaired) electrons. The minimum absolute atomic E-state index is 0.195. The first-order chi connectivity index (χ1) is 23.7. The maximum absolute atomic E-state index is 14.5. The van der Waals surface area contributed by atoms with E-state index in [0.29, 0.717) is 43.1 Å². The second-order valence-corrected chi connectivity index (χ2v) is 14.1. The van der Waals surface area contributed by atoms with Crippen molar-refractivity contribution in [3.63, 3.8) is 0 Å². The van der Waals surface area contributed by atoms with Crippen LogP contribution in [0.25, 0.3) is 22.7 Å². The Morgan fingerprint density at radius 3 is 2.41 bits per heavy atom. The first-order valence-electron chi connectivity index (χ1n) is 16.1. The summed E-state index contributed by atoms with van der Waals surface area (Å²) < 4.78 is 9.92. The van der Waals surface area contributed by atoms with Crippen molar-refractivity contribution in [1.29, 1.82) is 0 Å². The highest BCUT2D eigenvalue weighted by Crippen LogP contribution is 2.36. The maximum Gasteiger partial charge on any atom is 0.338 e. The molecule has 0 bridgehead atoms. The lowest BCUT2D eigenvalue weighted by molar-refractivity contribution is -0.138. The predicted molar refractivity (Wildman–Crippen MR) is 199 cm³/mol. The Morgan fingerprint density at radius 1 is 0.959 bits per heavy atom. The van der Waals surface area contributed by atoms with Crippen LogP contribution in [-0.2, 0) is 16.1 Å². The number of benzene rings is 4. The standard InChI is InChI=1S/C40H33Cl2N3O3S/c1-4-48-39(47)35-36(27-10-6-5-7-11-27)43-40-45(37(35)28-17-15-26(16-18-28)24(2)3)38(46)34(49-40)21-29-23-44(33-13-9-8-12-30(29)33)22-25-14-19-31(41)32(42)20-25/h5-21,23-24,37H,4,22H2,1-3H3/b34-21-/t37-/m0/s1. The van der Waals surface area contributed by atoms with Crippen LogP contribution in [0.15, 0.2) is 119 Å². The molecule has 1 aliphatic rings. The second kappa shape index (κ2) is 13.7. The second-order valence-electron chi connectivity index (χ2n) is 12.2. The van der Waals surface area contributed by atoms with E-state index in [0.717, 1.165) is 33.2 Å². The van der Waals surface area contributed by atoms with Crippen LogP contribution in [0.5, 0.6) is 0 Å². The quantitative estimate of drug-likeness (QED) is 0.150. The number of hydrogen-bond donors (Lipinski definition) is 0. The van der Waals surface area contributed by atoms with E-state index in [9.17, 15) is 9.59 Å². The fourth-order valence-electron chi connectivity index (χ4n) is 6.32. The van der Waals surface area contributed by atoms with Crippen molar-refractivity contribution in [2.24, 2.45) is 4.99 Å². The van der Waals surface area contributed by atoms with E-state index in [-0.39, 0.29) is 12.2 Å². The number of thiazole rings is 1. The number of rotatable bonds is 8. The Kier molecular flexibility index (Phi) is 9.16. The van der Waals surface area contributed by atoms with Gasteiger partial charge in [0.1, 0.15) is 0 Å². The molecular weight excluding hydrogens is 673 g/mol. The van der Waals surface area contributed by atoms with E-state index in [1.807, 2.05) is 79.0 Å². The molecule has 0 N–H and O–H groups in total. The summed E-state index contributed by atoms with van der Waals surface area (Å²) in [6, 6.07) is 30.7. The van der Waals surface area contributed by atoms with Crippen LogP contribution in [0.1, 0.15) is 60.5 Å². The molecule has 9 heteroatoms. The predicted octanol–water partition coefficient (Wildman–Crippen LogP) is 8.37. The number of halogens is 2. The van der Waals surface area contributed by atoms with Crippen molar-refractivity contribution in [2.45, 2.75) is 39.3 Å². The van der Waals surface area contributed by atoms with Gasteiger partial charge < -0.3 is 9.30 Å². The zero-order chi connectivity index (χ0) is 34.2. The molecule has 49 heavy (non-hydrogen) atoms. The summed E-state index contributed by atoms with van der Waals surface area (Å²) in [5.74, 6) is -0.169. The third-order valence-corrected chi connectivity index (χ3v) is 10.5. The molecular formula is C40H33Cl2N3O3S. The smallest absolute Gasteiger partial charge is 0.338 e. The average Bonchev–Trinajstić information content (AvgIpc) is 3.61. The Labute approximate surface area is 297 Å². The molecule has 1 atom stereocenters. The van der Waals surface area contributed by atoms with Crippen molar-refractivity contribution in [1.82, 2.24) is 9.13 Å². The van der Waals surface area contributed by atoms with Gasteiger partial charge in [-0.25, -0.2) is 9.79 Å². The fourth-order valence-corrected chi connectivity index (χ4v) is 7.63. The molecule has 3 heterocycles. The molecule has 0 fully saturated rings. The van der Waals surface area contributed by atoms with Gasteiger partial charge in [0, 0.05) is 34.8 Å². The summed E-state index contributed by atoms with van der Waals surface area (Å²) in [5, 5.41) is 2.02. The van der Waals surface area contributed by atoms with E-state index < -0.39 is 12.0 Å². The van der Waals surface area contributed by atoms with Crippen LogP contribution in [0, 0.1) is 0 Å². The number of para-hydroxylation sites is 1. The van der Waals surface area contributed by atoms with E-state index in [2.05, 4.69) is 42.7 Å². The zero-order valence-electron chi connectivity index (χ0n) is 27.2. The third-order valence-electron chi connectivity index (χ3n) is 8.74. The molecule has 7 rings (SSSR count). The molecule has 0 saturated heterocycles. The lowest BCUT2D eigenvalue weighted by Gasteiger charge is -2.26. The van der Waals surface area contributed by atoms with Crippen LogP contribution >= 0.6 is 34.5 Å². The SMILES string of the molecule is CCOC(=O)C1=C(c2ccccc2)N=c2s/c(=C\c3cn(Cc4ccc(Cl)c(Cl)c4)c4ccccc34)c(=O)n2[C@H]1c1ccc(C(C)C)cc1. The van der Waals surface area contributed by atoms with Crippen LogP contribution in [0.4, 0.5) is 0 Å². The van der Waals surface area contributed by atoms with Gasteiger partial charge in [-0.2, -0.15) is 0 Å². The highest BCUT2D eigenvalue weighted by Gasteiger charge is 2.35. The van der Waals surface area contributed by atoms with Crippen LogP contribution in [-0.4, -0.2) is 21.7 Å². The largest absolute Gasteiger partial charge is 0.463 e. The molecule has 246 valence electrons. The maximum atomic E-state index is 14.5. The fraction of sp³-hybridized carbons (Fsp3) is 0.175. The summed E-state index contributed by atoms with van der Waals surface area (Å²) in [5.41, 5.74) is 6.28. The van der Waals surface area contributed by atoms with E-state index in [1.54, 1.807) is 17.6 Å². The van der Waals surface area contributed by atoms with Crippen LogP contribution in [0.2, 0.25) is 10.0 Å². The first kappa shape index (κ1) is 32.8. The van der Waals surface area contributed by atoms with Gasteiger partial charge in [0.05, 0.1) is 38.5 Å². The number of aromatic nitrogens is 2. The van der Waals surface area contributed by atoms with Gasteiger partial charge in [0.15, 0.2) is 4.80 Å². The molecule has 0 saturated carbocycles. The normalized spacial score (nSPS) is 14.7. The molecule has 0 aliphatic carbocycles. The molecule has 1 aliphatic heterocycles. The van der Waals surface area contributed by atoms with E-state index in [4.69, 9.17) is 32.9 Å². The number of carbonyl (C=O) groups is 1. The zero-order valence-corrected chi connectivity index (χ0v) is 29.5. The van der Waals surface area contributed by atoms with Gasteiger partial charge in [-0.05, 0) is 53.8 Å². The number of nitrogens with zero attached hydrogens (tertiary/aromatic N) is 3. The lowest BCUT2D eigenvalue weighted by atomic mass is 9.91. The number of carbonyl (C=O) groups excluding carboxylic acids is 1. The minimum Gasteiger partial charge on any atom is -0.463 e. The third kappa shape index (κ3) is 6.30. The molecule has 2 aromatic heterocycles. The van der Waals surface area contributed by atoms with E-state index in [1.165, 1.54) is 16.9 Å². The number of ether oxygens (including phenoxy) is 1. The van der Waals surface area contributed by atoms with Crippen molar-refractivity contribution in [3.05, 3.63) is 166 Å². The van der Waals surface area contributed by atoms with Gasteiger partial charge in [0.25, 0.3) is 5.56 Å². The van der Waals surface area contributed by atoms with Gasteiger partial charge in [-0.15, -0.1) is 0 Å². The topological polar surface area (TPSA) is 65.6 Å². The Bertz CT molecular complexity index is 2420. The van der Waals surface area contributed by atoms with Gasteiger partial charge in [0.2, 0.25) is 0 Å². The number of fused-ring (bicyclic) bond motifs is 2. The summed E-state index contributed by atoms with van der Waals surface area (Å²) in [6.07, 6.45) is 3.97. The molecule has 0 amide bonds. The summed E-state index contributed by atoms with van der Waals surface area (Å²) >= 11 is 13.8. The van der Waals surface area contributed by atoms with Crippen LogP contribution in [0.3, 0.4) is 0 Å². The van der Waals surface area contributed by atoms with Crippen molar-refractivity contribution in [2.75, 3.05) is 6.61 Å². The van der Waals surface area contributed by atoms with Gasteiger partial charge in [-0.3, -0.25) is 9.36 Å². The summed E-state index contributed by atoms with van der Waals surface area (Å²) in [6.45, 7) is 6.82. The van der Waals surface area contributed by atoms with Gasteiger partial charge >= 0.3 is 5.97 Å². The number of hydrogen-bond acceptors (Lipinski definition) is 5. The first-order valence-corrected chi connectivity index (χ1v) is 17.7. The van der Waals surface area contributed by atoms with Crippen molar-refractivity contribution in [3.8, 4) is 0 Å². The van der Waals surface area contributed by atoms with Gasteiger partial charge in [-0.1, -0.05) is 127 Å². The minimum atomic E-state index is -0.732. The highest BCUT2D eigenvalue weighted by molar-refractivity contribution is 7.07. The van der Waals surface area contributed by atoms with E-state index >= 15 is 0 Å². The average molecular weight is 707 g/mol. The lowest BCUT2D eigenvalue weighted by Crippen LogP contribution is -2.40. The molecule has 4 aromatic carbocycles. The summed E-state index contributed by atoms with van der Waals surface area (Å²) in [7, 11) is 0. The molecule has 0 spiro atoms. The summed E-state index contributed by atoms with van der Waals surface area (Å²) in [4.78, 5) is 33.9. The number of esters is 1. The molecule has 6 nitrogen and oxygen atoms in total. The monoisotopic (exact) mass is 705 g/mol. The van der Waals surface area contributed by atoms with Crippen LogP contribution < -0.4 is 14.9 Å². The Morgan fingerprint density at radius 2 is 1.69 bits per heavy atom. The Hall–Kier alpha value is -4.69. The van der Waals surface area contributed by atoms with Crippen molar-refractivity contribution < 1.29 is 9.53 Å². The highest BCUT2D eigenvalue weighted by atomic mass is 35.5. The molecule has 6 aromatic rings.